The number of hydrogen-bond donors (Lipinski definition) is 0. The zero-order chi connectivity index (χ0) is 14.8. The summed E-state index contributed by atoms with van der Waals surface area (Å²) in [6.07, 6.45) is 0. The molecule has 3 nitrogen and oxygen atoms in total. The van der Waals surface area contributed by atoms with Crippen molar-refractivity contribution in [1.82, 2.24) is 0 Å². The fraction of sp³-hybridized carbons (Fsp3) is 0.188. The minimum atomic E-state index is 0.0268. The average Bonchev–Trinajstić information content (AvgIpc) is 2.90. The van der Waals surface area contributed by atoms with Crippen LogP contribution in [0.5, 0.6) is 5.75 Å². The highest BCUT2D eigenvalue weighted by atomic mass is 79.9. The second kappa shape index (κ2) is 6.12. The highest BCUT2D eigenvalue weighted by Gasteiger charge is 2.33. The number of benzene rings is 2. The molecule has 21 heavy (non-hydrogen) atoms. The van der Waals surface area contributed by atoms with Gasteiger partial charge in [0.25, 0.3) is 0 Å². The lowest BCUT2D eigenvalue weighted by atomic mass is 10.2. The van der Waals surface area contributed by atoms with Crippen LogP contribution in [0.15, 0.2) is 53.0 Å². The third-order valence-electron chi connectivity index (χ3n) is 3.37. The normalized spacial score (nSPS) is 18.1. The molecule has 1 aliphatic heterocycles. The number of halogens is 1. The summed E-state index contributed by atoms with van der Waals surface area (Å²) in [5, 5.41) is 0.0268. The number of ether oxygens (including phenoxy) is 1. The molecule has 5 heteroatoms. The van der Waals surface area contributed by atoms with Crippen molar-refractivity contribution in [3.63, 3.8) is 0 Å². The Morgan fingerprint density at radius 1 is 1.14 bits per heavy atom. The Balaban J connectivity index is 1.93. The van der Waals surface area contributed by atoms with Crippen LogP contribution in [-0.4, -0.2) is 18.8 Å². The van der Waals surface area contributed by atoms with Crippen molar-refractivity contribution in [1.29, 1.82) is 0 Å². The Labute approximate surface area is 136 Å². The minimum absolute atomic E-state index is 0.0268. The molecule has 0 unspecified atom stereocenters. The molecule has 1 fully saturated rings. The largest absolute Gasteiger partial charge is 0.497 e. The van der Waals surface area contributed by atoms with Crippen molar-refractivity contribution in [3.05, 3.63) is 58.6 Å². The smallest absolute Gasteiger partial charge is 0.238 e. The number of rotatable bonds is 3. The van der Waals surface area contributed by atoms with Gasteiger partial charge in [-0.1, -0.05) is 28.1 Å². The summed E-state index contributed by atoms with van der Waals surface area (Å²) in [4.78, 5) is 14.1. The number of nitrogens with zero attached hydrogens (tertiary/aromatic N) is 1. The molecule has 0 aliphatic carbocycles. The van der Waals surface area contributed by atoms with Gasteiger partial charge < -0.3 is 4.74 Å². The van der Waals surface area contributed by atoms with Crippen molar-refractivity contribution in [3.8, 4) is 5.75 Å². The number of anilines is 1. The fourth-order valence-electron chi connectivity index (χ4n) is 2.32. The maximum absolute atomic E-state index is 12.2. The van der Waals surface area contributed by atoms with Crippen molar-refractivity contribution < 1.29 is 9.53 Å². The summed E-state index contributed by atoms with van der Waals surface area (Å²) in [5.74, 6) is 1.43. The van der Waals surface area contributed by atoms with Crippen LogP contribution in [0.3, 0.4) is 0 Å². The molecular weight excluding hydrogens is 350 g/mol. The number of carbonyl (C=O) groups excluding carboxylic acids is 1. The number of thioether (sulfide) groups is 1. The molecular formula is C16H14BrNO2S. The summed E-state index contributed by atoms with van der Waals surface area (Å²) in [5.41, 5.74) is 2.03. The highest BCUT2D eigenvalue weighted by molar-refractivity contribution is 9.10. The third-order valence-corrected chi connectivity index (χ3v) is 5.11. The van der Waals surface area contributed by atoms with Crippen LogP contribution in [0.1, 0.15) is 10.9 Å². The first-order valence-electron chi connectivity index (χ1n) is 6.52. The van der Waals surface area contributed by atoms with E-state index in [1.807, 2.05) is 41.3 Å². The number of carbonyl (C=O) groups is 1. The van der Waals surface area contributed by atoms with Gasteiger partial charge in [0.1, 0.15) is 11.1 Å². The molecule has 0 saturated carbocycles. The summed E-state index contributed by atoms with van der Waals surface area (Å²) >= 11 is 5.09. The van der Waals surface area contributed by atoms with E-state index >= 15 is 0 Å². The Morgan fingerprint density at radius 2 is 1.81 bits per heavy atom. The van der Waals surface area contributed by atoms with E-state index in [9.17, 15) is 4.79 Å². The van der Waals surface area contributed by atoms with Gasteiger partial charge in [0.05, 0.1) is 12.9 Å². The van der Waals surface area contributed by atoms with Gasteiger partial charge in [-0.3, -0.25) is 9.69 Å². The average molecular weight is 364 g/mol. The first-order valence-corrected chi connectivity index (χ1v) is 8.36. The molecule has 3 rings (SSSR count). The predicted octanol–water partition coefficient (Wildman–Crippen LogP) is 4.24. The van der Waals surface area contributed by atoms with Gasteiger partial charge in [-0.15, -0.1) is 11.8 Å². The van der Waals surface area contributed by atoms with E-state index < -0.39 is 0 Å². The number of amides is 1. The fourth-order valence-corrected chi connectivity index (χ4v) is 3.76. The molecule has 0 radical (unpaired) electrons. The highest BCUT2D eigenvalue weighted by Crippen LogP contribution is 2.42. The van der Waals surface area contributed by atoms with Crippen LogP contribution in [0.2, 0.25) is 0 Å². The molecule has 1 atom stereocenters. The van der Waals surface area contributed by atoms with Gasteiger partial charge in [0.2, 0.25) is 5.91 Å². The maximum Gasteiger partial charge on any atom is 0.238 e. The molecule has 0 N–H and O–H groups in total. The van der Waals surface area contributed by atoms with E-state index in [0.717, 1.165) is 21.5 Å². The van der Waals surface area contributed by atoms with Crippen LogP contribution < -0.4 is 9.64 Å². The summed E-state index contributed by atoms with van der Waals surface area (Å²) in [7, 11) is 1.64. The third kappa shape index (κ3) is 2.94. The van der Waals surface area contributed by atoms with Gasteiger partial charge in [0.15, 0.2) is 0 Å². The van der Waals surface area contributed by atoms with Crippen molar-refractivity contribution in [2.45, 2.75) is 5.37 Å². The molecule has 0 aromatic heterocycles. The second-order valence-electron chi connectivity index (χ2n) is 4.68. The first-order chi connectivity index (χ1) is 10.2. The summed E-state index contributed by atoms with van der Waals surface area (Å²) in [6.45, 7) is 0. The van der Waals surface area contributed by atoms with E-state index in [2.05, 4.69) is 28.1 Å². The molecule has 1 saturated heterocycles. The quantitative estimate of drug-likeness (QED) is 0.816. The molecule has 108 valence electrons. The molecule has 1 aliphatic rings. The van der Waals surface area contributed by atoms with Gasteiger partial charge in [-0.25, -0.2) is 0 Å². The lowest BCUT2D eigenvalue weighted by molar-refractivity contribution is -0.115. The Kier molecular flexibility index (Phi) is 4.22. The van der Waals surface area contributed by atoms with Crippen molar-refractivity contribution >= 4 is 39.3 Å². The van der Waals surface area contributed by atoms with Crippen LogP contribution in [0.25, 0.3) is 0 Å². The maximum atomic E-state index is 12.2. The zero-order valence-electron chi connectivity index (χ0n) is 11.5. The van der Waals surface area contributed by atoms with Crippen molar-refractivity contribution in [2.75, 3.05) is 17.8 Å². The first kappa shape index (κ1) is 14.5. The van der Waals surface area contributed by atoms with E-state index in [0.29, 0.717) is 5.75 Å². The van der Waals surface area contributed by atoms with Gasteiger partial charge in [-0.2, -0.15) is 0 Å². The summed E-state index contributed by atoms with van der Waals surface area (Å²) < 4.78 is 6.21. The number of methoxy groups -OCH3 is 1. The van der Waals surface area contributed by atoms with Crippen LogP contribution in [-0.2, 0) is 4.79 Å². The standard InChI is InChI=1S/C16H14BrNO2S/c1-20-14-8-6-13(7-9-14)18-15(19)10-21-16(18)11-2-4-12(17)5-3-11/h2-9,16H,10H2,1H3/t16-/m1/s1. The van der Waals surface area contributed by atoms with E-state index in [1.54, 1.807) is 18.9 Å². The van der Waals surface area contributed by atoms with Gasteiger partial charge >= 0.3 is 0 Å². The minimum Gasteiger partial charge on any atom is -0.497 e. The Hall–Kier alpha value is -1.46. The van der Waals surface area contributed by atoms with Gasteiger partial charge in [-0.05, 0) is 42.0 Å². The molecule has 0 bridgehead atoms. The topological polar surface area (TPSA) is 29.5 Å². The lowest BCUT2D eigenvalue weighted by Gasteiger charge is -2.24. The molecule has 1 heterocycles. The molecule has 2 aromatic rings. The summed E-state index contributed by atoms with van der Waals surface area (Å²) in [6, 6.07) is 15.7. The van der Waals surface area contributed by atoms with Crippen molar-refractivity contribution in [2.24, 2.45) is 0 Å². The Bertz CT molecular complexity index is 642. The number of hydrogen-bond acceptors (Lipinski definition) is 3. The molecule has 0 spiro atoms. The lowest BCUT2D eigenvalue weighted by Crippen LogP contribution is -2.27. The van der Waals surface area contributed by atoms with Crippen LogP contribution in [0.4, 0.5) is 5.69 Å². The predicted molar refractivity (Wildman–Crippen MR) is 89.8 cm³/mol. The monoisotopic (exact) mass is 363 g/mol. The molecule has 1 amide bonds. The molecule has 2 aromatic carbocycles. The van der Waals surface area contributed by atoms with Gasteiger partial charge in [0, 0.05) is 10.2 Å². The van der Waals surface area contributed by atoms with E-state index in [4.69, 9.17) is 4.74 Å². The van der Waals surface area contributed by atoms with Crippen LogP contribution >= 0.6 is 27.7 Å². The second-order valence-corrected chi connectivity index (χ2v) is 6.66. The van der Waals surface area contributed by atoms with E-state index in [-0.39, 0.29) is 11.3 Å². The van der Waals surface area contributed by atoms with Crippen LogP contribution in [0, 0.1) is 0 Å². The van der Waals surface area contributed by atoms with E-state index in [1.165, 1.54) is 0 Å². The Morgan fingerprint density at radius 3 is 2.43 bits per heavy atom. The zero-order valence-corrected chi connectivity index (χ0v) is 13.9. The SMILES string of the molecule is COc1ccc(N2C(=O)CS[C@@H]2c2ccc(Br)cc2)cc1.